The minimum absolute atomic E-state index is 0. The molecule has 0 saturated heterocycles. The molecule has 2 aromatic rings. The number of aliphatic imine (C=N–C) groups is 1. The van der Waals surface area contributed by atoms with Crippen LogP contribution in [0.2, 0.25) is 0 Å². The third kappa shape index (κ3) is 4.29. The van der Waals surface area contributed by atoms with Gasteiger partial charge in [0.05, 0.1) is 11.1 Å². The van der Waals surface area contributed by atoms with Gasteiger partial charge in [-0.05, 0) is 29.8 Å². The molecule has 0 fully saturated rings. The molecule has 0 spiro atoms. The van der Waals surface area contributed by atoms with E-state index in [9.17, 15) is 9.59 Å². The third-order valence-corrected chi connectivity index (χ3v) is 4.63. The van der Waals surface area contributed by atoms with E-state index in [0.717, 1.165) is 17.1 Å². The van der Waals surface area contributed by atoms with Crippen LogP contribution in [0, 0.1) is 0 Å². The topological polar surface area (TPSA) is 92.3 Å². The zero-order valence-electron chi connectivity index (χ0n) is 15.8. The SMILES string of the molecule is CN=C(NCCN1C(=O)c2ccccc2C1=O)NCc1ccc2c(c1)OCO2.I. The van der Waals surface area contributed by atoms with Crippen LogP contribution in [0.15, 0.2) is 47.5 Å². The number of guanidine groups is 1. The molecule has 2 aliphatic heterocycles. The van der Waals surface area contributed by atoms with Crippen molar-refractivity contribution in [2.45, 2.75) is 6.54 Å². The molecule has 4 rings (SSSR count). The molecule has 0 aromatic heterocycles. The number of nitrogens with zero attached hydrogens (tertiary/aromatic N) is 2. The molecule has 9 heteroatoms. The number of carbonyl (C=O) groups excluding carboxylic acids is 2. The lowest BCUT2D eigenvalue weighted by Gasteiger charge is -2.16. The number of nitrogens with one attached hydrogen (secondary N) is 2. The number of fused-ring (bicyclic) bond motifs is 2. The van der Waals surface area contributed by atoms with E-state index in [1.807, 2.05) is 18.2 Å². The molecule has 0 atom stereocenters. The van der Waals surface area contributed by atoms with Crippen LogP contribution >= 0.6 is 24.0 Å². The molecular weight excluding hydrogens is 487 g/mol. The first-order valence-corrected chi connectivity index (χ1v) is 8.95. The Bertz CT molecular complexity index is 928. The van der Waals surface area contributed by atoms with E-state index in [1.165, 1.54) is 4.90 Å². The molecule has 152 valence electrons. The lowest BCUT2D eigenvalue weighted by molar-refractivity contribution is 0.0657. The summed E-state index contributed by atoms with van der Waals surface area (Å²) in [6.07, 6.45) is 0. The Morgan fingerprint density at radius 2 is 1.72 bits per heavy atom. The molecule has 2 aliphatic rings. The van der Waals surface area contributed by atoms with Gasteiger partial charge in [-0.15, -0.1) is 24.0 Å². The van der Waals surface area contributed by atoms with E-state index in [-0.39, 0.29) is 49.1 Å². The summed E-state index contributed by atoms with van der Waals surface area (Å²) in [5.41, 5.74) is 1.93. The minimum atomic E-state index is -0.259. The Kier molecular flexibility index (Phi) is 6.57. The molecule has 29 heavy (non-hydrogen) atoms. The molecule has 2 heterocycles. The predicted molar refractivity (Wildman–Crippen MR) is 118 cm³/mol. The van der Waals surface area contributed by atoms with E-state index in [4.69, 9.17) is 9.47 Å². The summed E-state index contributed by atoms with van der Waals surface area (Å²) in [6, 6.07) is 12.6. The van der Waals surface area contributed by atoms with Crippen LogP contribution in [0.3, 0.4) is 0 Å². The van der Waals surface area contributed by atoms with Gasteiger partial charge >= 0.3 is 0 Å². The summed E-state index contributed by atoms with van der Waals surface area (Å²) < 4.78 is 10.7. The molecule has 8 nitrogen and oxygen atoms in total. The van der Waals surface area contributed by atoms with Crippen LogP contribution in [-0.2, 0) is 6.54 Å². The van der Waals surface area contributed by atoms with Crippen molar-refractivity contribution in [1.82, 2.24) is 15.5 Å². The zero-order valence-corrected chi connectivity index (χ0v) is 18.1. The monoisotopic (exact) mass is 508 g/mol. The normalized spacial score (nSPS) is 14.5. The molecule has 2 amide bonds. The summed E-state index contributed by atoms with van der Waals surface area (Å²) in [5.74, 6) is 1.53. The smallest absolute Gasteiger partial charge is 0.261 e. The summed E-state index contributed by atoms with van der Waals surface area (Å²) in [5, 5.41) is 6.32. The molecule has 0 saturated carbocycles. The Labute approximate surface area is 185 Å². The standard InChI is InChI=1S/C20H20N4O4.HI/c1-21-20(23-11-13-6-7-16-17(10-13)28-12-27-16)22-8-9-24-18(25)14-4-2-3-5-15(14)19(24)26;/h2-7,10H,8-9,11-12H2,1H3,(H2,21,22,23);1H. The Hall–Kier alpha value is -2.82. The summed E-state index contributed by atoms with van der Waals surface area (Å²) in [4.78, 5) is 30.2. The summed E-state index contributed by atoms with van der Waals surface area (Å²) in [6.45, 7) is 1.44. The maximum absolute atomic E-state index is 12.4. The number of hydrogen-bond acceptors (Lipinski definition) is 5. The van der Waals surface area contributed by atoms with E-state index < -0.39 is 0 Å². The highest BCUT2D eigenvalue weighted by Crippen LogP contribution is 2.32. The summed E-state index contributed by atoms with van der Waals surface area (Å²) >= 11 is 0. The summed E-state index contributed by atoms with van der Waals surface area (Å²) in [7, 11) is 1.66. The number of benzene rings is 2. The lowest BCUT2D eigenvalue weighted by atomic mass is 10.1. The van der Waals surface area contributed by atoms with Crippen LogP contribution in [0.5, 0.6) is 11.5 Å². The van der Waals surface area contributed by atoms with Gasteiger partial charge in [0.2, 0.25) is 6.79 Å². The first kappa shape index (κ1) is 20.9. The van der Waals surface area contributed by atoms with Gasteiger partial charge in [-0.2, -0.15) is 0 Å². The van der Waals surface area contributed by atoms with Crippen LogP contribution < -0.4 is 20.1 Å². The number of rotatable bonds is 5. The van der Waals surface area contributed by atoms with Crippen molar-refractivity contribution in [1.29, 1.82) is 0 Å². The highest BCUT2D eigenvalue weighted by molar-refractivity contribution is 14.0. The van der Waals surface area contributed by atoms with Crippen molar-refractivity contribution < 1.29 is 19.1 Å². The van der Waals surface area contributed by atoms with Gasteiger partial charge in [-0.3, -0.25) is 19.5 Å². The van der Waals surface area contributed by atoms with Crippen molar-refractivity contribution >= 4 is 41.8 Å². The van der Waals surface area contributed by atoms with Gasteiger partial charge in [0.1, 0.15) is 0 Å². The number of imide groups is 1. The van der Waals surface area contributed by atoms with Crippen molar-refractivity contribution in [2.75, 3.05) is 26.9 Å². The molecular formula is C20H21IN4O4. The first-order valence-electron chi connectivity index (χ1n) is 8.95. The van der Waals surface area contributed by atoms with Crippen LogP contribution in [0.4, 0.5) is 0 Å². The van der Waals surface area contributed by atoms with Gasteiger partial charge in [-0.25, -0.2) is 0 Å². The molecule has 0 aliphatic carbocycles. The van der Waals surface area contributed by atoms with E-state index in [1.54, 1.807) is 31.3 Å². The lowest BCUT2D eigenvalue weighted by Crippen LogP contribution is -2.42. The number of carbonyl (C=O) groups is 2. The number of amides is 2. The molecule has 0 bridgehead atoms. The molecule has 2 aromatic carbocycles. The second-order valence-corrected chi connectivity index (χ2v) is 6.35. The van der Waals surface area contributed by atoms with Crippen molar-refractivity contribution in [2.24, 2.45) is 4.99 Å². The second-order valence-electron chi connectivity index (χ2n) is 6.35. The van der Waals surface area contributed by atoms with Crippen LogP contribution in [-0.4, -0.2) is 49.6 Å². The number of ether oxygens (including phenoxy) is 2. The third-order valence-electron chi connectivity index (χ3n) is 4.63. The maximum atomic E-state index is 12.4. The van der Waals surface area contributed by atoms with E-state index >= 15 is 0 Å². The quantitative estimate of drug-likeness (QED) is 0.278. The first-order chi connectivity index (χ1) is 13.7. The average Bonchev–Trinajstić information content (AvgIpc) is 3.28. The molecule has 2 N–H and O–H groups in total. The Balaban J connectivity index is 0.00000240. The van der Waals surface area contributed by atoms with E-state index in [0.29, 0.717) is 30.2 Å². The van der Waals surface area contributed by atoms with Gasteiger partial charge in [0.15, 0.2) is 17.5 Å². The Morgan fingerprint density at radius 3 is 2.41 bits per heavy atom. The van der Waals surface area contributed by atoms with Crippen LogP contribution in [0.1, 0.15) is 26.3 Å². The average molecular weight is 508 g/mol. The van der Waals surface area contributed by atoms with Gasteiger partial charge in [0.25, 0.3) is 11.8 Å². The fourth-order valence-electron chi connectivity index (χ4n) is 3.19. The maximum Gasteiger partial charge on any atom is 0.261 e. The van der Waals surface area contributed by atoms with E-state index in [2.05, 4.69) is 15.6 Å². The Morgan fingerprint density at radius 1 is 1.03 bits per heavy atom. The van der Waals surface area contributed by atoms with Crippen molar-refractivity contribution in [3.63, 3.8) is 0 Å². The van der Waals surface area contributed by atoms with Crippen LogP contribution in [0.25, 0.3) is 0 Å². The minimum Gasteiger partial charge on any atom is -0.454 e. The fourth-order valence-corrected chi connectivity index (χ4v) is 3.19. The molecule has 0 unspecified atom stereocenters. The number of hydrogen-bond donors (Lipinski definition) is 2. The van der Waals surface area contributed by atoms with Gasteiger partial charge < -0.3 is 20.1 Å². The molecule has 0 radical (unpaired) electrons. The largest absolute Gasteiger partial charge is 0.454 e. The second kappa shape index (κ2) is 9.12. The predicted octanol–water partition coefficient (Wildman–Crippen LogP) is 1.99. The van der Waals surface area contributed by atoms with Crippen molar-refractivity contribution in [3.05, 3.63) is 59.2 Å². The van der Waals surface area contributed by atoms with Gasteiger partial charge in [-0.1, -0.05) is 18.2 Å². The zero-order chi connectivity index (χ0) is 19.5. The fraction of sp³-hybridized carbons (Fsp3) is 0.250. The highest BCUT2D eigenvalue weighted by atomic mass is 127. The van der Waals surface area contributed by atoms with Gasteiger partial charge in [0, 0.05) is 26.7 Å². The number of halogens is 1. The highest BCUT2D eigenvalue weighted by Gasteiger charge is 2.34. The van der Waals surface area contributed by atoms with Crippen molar-refractivity contribution in [3.8, 4) is 11.5 Å².